The first-order valence-corrected chi connectivity index (χ1v) is 5.90. The quantitative estimate of drug-likeness (QED) is 0.544. The summed E-state index contributed by atoms with van der Waals surface area (Å²) in [4.78, 5) is 15.5. The van der Waals surface area contributed by atoms with Crippen molar-refractivity contribution in [3.8, 4) is 0 Å². The third kappa shape index (κ3) is 4.27. The molecule has 19 heavy (non-hydrogen) atoms. The maximum absolute atomic E-state index is 11.6. The molecule has 0 fully saturated rings. The molecule has 1 aromatic heterocycles. The Kier molecular flexibility index (Phi) is 4.28. The standard InChI is InChI=1S/C13H15N5O/c14-11-3-1-2-10(8-11)4-5-13(19)15-7-6-12-16-9-17-18-12/h1-5,8-9H,6-7,14H2,(H,15,19)(H,16,17,18)/b5-4+. The van der Waals surface area contributed by atoms with E-state index in [1.54, 1.807) is 18.2 Å². The normalized spacial score (nSPS) is 10.7. The minimum Gasteiger partial charge on any atom is -0.399 e. The number of hydrogen-bond acceptors (Lipinski definition) is 4. The Hall–Kier alpha value is -2.63. The minimum absolute atomic E-state index is 0.151. The topological polar surface area (TPSA) is 96.7 Å². The van der Waals surface area contributed by atoms with Crippen molar-refractivity contribution in [1.29, 1.82) is 0 Å². The van der Waals surface area contributed by atoms with Gasteiger partial charge in [-0.3, -0.25) is 9.89 Å². The molecule has 1 aromatic carbocycles. The van der Waals surface area contributed by atoms with Gasteiger partial charge in [0.05, 0.1) is 0 Å². The van der Waals surface area contributed by atoms with Gasteiger partial charge in [-0.1, -0.05) is 12.1 Å². The van der Waals surface area contributed by atoms with Crippen LogP contribution in [0.1, 0.15) is 11.4 Å². The summed E-state index contributed by atoms with van der Waals surface area (Å²) in [5.41, 5.74) is 7.22. The first kappa shape index (κ1) is 12.8. The number of amides is 1. The molecule has 98 valence electrons. The SMILES string of the molecule is Nc1cccc(/C=C/C(=O)NCCc2ncn[nH]2)c1. The monoisotopic (exact) mass is 257 g/mol. The smallest absolute Gasteiger partial charge is 0.244 e. The van der Waals surface area contributed by atoms with E-state index in [1.807, 2.05) is 12.1 Å². The lowest BCUT2D eigenvalue weighted by Gasteiger charge is -2.00. The number of nitrogen functional groups attached to an aromatic ring is 1. The highest BCUT2D eigenvalue weighted by molar-refractivity contribution is 5.91. The highest BCUT2D eigenvalue weighted by Gasteiger charge is 1.98. The van der Waals surface area contributed by atoms with Gasteiger partial charge in [0.25, 0.3) is 0 Å². The van der Waals surface area contributed by atoms with Crippen molar-refractivity contribution in [2.45, 2.75) is 6.42 Å². The van der Waals surface area contributed by atoms with E-state index in [1.165, 1.54) is 12.4 Å². The summed E-state index contributed by atoms with van der Waals surface area (Å²) in [7, 11) is 0. The van der Waals surface area contributed by atoms with E-state index >= 15 is 0 Å². The molecule has 1 amide bonds. The lowest BCUT2D eigenvalue weighted by molar-refractivity contribution is -0.116. The predicted octanol–water partition coefficient (Wildman–Crippen LogP) is 0.759. The van der Waals surface area contributed by atoms with Crippen molar-refractivity contribution in [1.82, 2.24) is 20.5 Å². The molecule has 0 aliphatic rings. The van der Waals surface area contributed by atoms with Crippen LogP contribution in [0.15, 0.2) is 36.7 Å². The first-order chi connectivity index (χ1) is 9.24. The van der Waals surface area contributed by atoms with Gasteiger partial charge in [-0.25, -0.2) is 4.98 Å². The fraction of sp³-hybridized carbons (Fsp3) is 0.154. The van der Waals surface area contributed by atoms with Crippen molar-refractivity contribution in [2.24, 2.45) is 0 Å². The van der Waals surface area contributed by atoms with Crippen LogP contribution in [0.5, 0.6) is 0 Å². The van der Waals surface area contributed by atoms with E-state index in [9.17, 15) is 4.79 Å². The number of carbonyl (C=O) groups is 1. The van der Waals surface area contributed by atoms with Crippen LogP contribution in [0.3, 0.4) is 0 Å². The number of benzene rings is 1. The molecule has 0 radical (unpaired) electrons. The van der Waals surface area contributed by atoms with E-state index in [2.05, 4.69) is 20.5 Å². The molecule has 0 aliphatic heterocycles. The Balaban J connectivity index is 1.78. The third-order valence-corrected chi connectivity index (χ3v) is 2.46. The third-order valence-electron chi connectivity index (χ3n) is 2.46. The van der Waals surface area contributed by atoms with Crippen LogP contribution in [-0.2, 0) is 11.2 Å². The number of nitrogens with zero attached hydrogens (tertiary/aromatic N) is 2. The molecule has 2 aromatic rings. The molecular weight excluding hydrogens is 242 g/mol. The molecule has 0 unspecified atom stereocenters. The molecule has 0 bridgehead atoms. The fourth-order valence-corrected chi connectivity index (χ4v) is 1.55. The van der Waals surface area contributed by atoms with Crippen molar-refractivity contribution in [3.05, 3.63) is 48.1 Å². The molecule has 0 atom stereocenters. The van der Waals surface area contributed by atoms with E-state index in [0.717, 1.165) is 11.4 Å². The summed E-state index contributed by atoms with van der Waals surface area (Å²) in [6, 6.07) is 7.33. The average molecular weight is 257 g/mol. The number of nitrogens with two attached hydrogens (primary N) is 1. The molecule has 2 rings (SSSR count). The highest BCUT2D eigenvalue weighted by atomic mass is 16.1. The summed E-state index contributed by atoms with van der Waals surface area (Å²) in [6.07, 6.45) is 5.27. The lowest BCUT2D eigenvalue weighted by atomic mass is 10.2. The molecule has 0 aliphatic carbocycles. The number of H-pyrrole nitrogens is 1. The molecule has 0 saturated heterocycles. The minimum atomic E-state index is -0.151. The second kappa shape index (κ2) is 6.34. The molecule has 0 spiro atoms. The van der Waals surface area contributed by atoms with Gasteiger partial charge in [-0.2, -0.15) is 5.10 Å². The van der Waals surface area contributed by atoms with Gasteiger partial charge in [0, 0.05) is 24.7 Å². The van der Waals surface area contributed by atoms with Crippen LogP contribution < -0.4 is 11.1 Å². The van der Waals surface area contributed by atoms with Crippen LogP contribution >= 0.6 is 0 Å². The Labute approximate surface area is 110 Å². The van der Waals surface area contributed by atoms with Gasteiger partial charge < -0.3 is 11.1 Å². The van der Waals surface area contributed by atoms with Gasteiger partial charge in [0.15, 0.2) is 0 Å². The molecule has 6 heteroatoms. The number of aromatic amines is 1. The molecule has 6 nitrogen and oxygen atoms in total. The predicted molar refractivity (Wildman–Crippen MR) is 73.0 cm³/mol. The number of anilines is 1. The van der Waals surface area contributed by atoms with Gasteiger partial charge in [0.2, 0.25) is 5.91 Å². The molecule has 1 heterocycles. The number of nitrogens with one attached hydrogen (secondary N) is 2. The first-order valence-electron chi connectivity index (χ1n) is 5.90. The van der Waals surface area contributed by atoms with Crippen molar-refractivity contribution < 1.29 is 4.79 Å². The van der Waals surface area contributed by atoms with Crippen LogP contribution in [0.2, 0.25) is 0 Å². The summed E-state index contributed by atoms with van der Waals surface area (Å²) in [5.74, 6) is 0.599. The van der Waals surface area contributed by atoms with Crippen LogP contribution in [-0.4, -0.2) is 27.6 Å². The molecule has 4 N–H and O–H groups in total. The number of hydrogen-bond donors (Lipinski definition) is 3. The Bertz CT molecular complexity index is 562. The van der Waals surface area contributed by atoms with Crippen LogP contribution in [0, 0.1) is 0 Å². The summed E-state index contributed by atoms with van der Waals surface area (Å²) >= 11 is 0. The van der Waals surface area contributed by atoms with Crippen LogP contribution in [0.25, 0.3) is 6.08 Å². The van der Waals surface area contributed by atoms with E-state index in [4.69, 9.17) is 5.73 Å². The van der Waals surface area contributed by atoms with Crippen LogP contribution in [0.4, 0.5) is 5.69 Å². The maximum atomic E-state index is 11.6. The Morgan fingerprint density at radius 3 is 3.11 bits per heavy atom. The number of carbonyl (C=O) groups excluding carboxylic acids is 1. The summed E-state index contributed by atoms with van der Waals surface area (Å²) < 4.78 is 0. The summed E-state index contributed by atoms with van der Waals surface area (Å²) in [6.45, 7) is 0.509. The Morgan fingerprint density at radius 1 is 1.47 bits per heavy atom. The van der Waals surface area contributed by atoms with Crippen molar-refractivity contribution in [3.63, 3.8) is 0 Å². The van der Waals surface area contributed by atoms with Crippen molar-refractivity contribution in [2.75, 3.05) is 12.3 Å². The van der Waals surface area contributed by atoms with E-state index in [0.29, 0.717) is 18.7 Å². The highest BCUT2D eigenvalue weighted by Crippen LogP contribution is 2.07. The second-order valence-corrected chi connectivity index (χ2v) is 3.98. The van der Waals surface area contributed by atoms with Gasteiger partial charge in [-0.15, -0.1) is 0 Å². The lowest BCUT2D eigenvalue weighted by Crippen LogP contribution is -2.23. The zero-order valence-corrected chi connectivity index (χ0v) is 10.3. The number of rotatable bonds is 5. The zero-order valence-electron chi connectivity index (χ0n) is 10.3. The summed E-state index contributed by atoms with van der Waals surface area (Å²) in [5, 5.41) is 9.22. The zero-order chi connectivity index (χ0) is 13.5. The molecular formula is C13H15N5O. The average Bonchev–Trinajstić information content (AvgIpc) is 2.90. The Morgan fingerprint density at radius 2 is 2.37 bits per heavy atom. The molecule has 0 saturated carbocycles. The van der Waals surface area contributed by atoms with Gasteiger partial charge >= 0.3 is 0 Å². The van der Waals surface area contributed by atoms with Gasteiger partial charge in [0.1, 0.15) is 12.2 Å². The number of aromatic nitrogens is 3. The maximum Gasteiger partial charge on any atom is 0.244 e. The largest absolute Gasteiger partial charge is 0.399 e. The van der Waals surface area contributed by atoms with Gasteiger partial charge in [-0.05, 0) is 23.8 Å². The fourth-order valence-electron chi connectivity index (χ4n) is 1.55. The van der Waals surface area contributed by atoms with E-state index in [-0.39, 0.29) is 5.91 Å². The van der Waals surface area contributed by atoms with Crippen molar-refractivity contribution >= 4 is 17.7 Å². The van der Waals surface area contributed by atoms with E-state index < -0.39 is 0 Å². The second-order valence-electron chi connectivity index (χ2n) is 3.98.